The number of thiazole rings is 1. The van der Waals surface area contributed by atoms with E-state index >= 15 is 0 Å². The Morgan fingerprint density at radius 1 is 1.23 bits per heavy atom. The molecule has 0 aliphatic rings. The summed E-state index contributed by atoms with van der Waals surface area (Å²) in [6, 6.07) is 7.24. The van der Waals surface area contributed by atoms with Crippen LogP contribution in [0.4, 0.5) is 18.3 Å². The van der Waals surface area contributed by atoms with Crippen LogP contribution in [-0.4, -0.2) is 20.0 Å². The Labute approximate surface area is 149 Å². The van der Waals surface area contributed by atoms with Crippen LogP contribution in [-0.2, 0) is 24.1 Å². The quantitative estimate of drug-likeness (QED) is 0.734. The number of nitrogens with zero attached hydrogens (tertiary/aromatic N) is 3. The number of fused-ring (bicyclic) bond motifs is 1. The van der Waals surface area contributed by atoms with Gasteiger partial charge in [-0.25, -0.2) is 9.78 Å². The van der Waals surface area contributed by atoms with Crippen LogP contribution in [0, 0.1) is 0 Å². The van der Waals surface area contributed by atoms with Crippen LogP contribution in [0.3, 0.4) is 0 Å². The second-order valence-electron chi connectivity index (χ2n) is 5.50. The number of carbonyl (C=O) groups is 1. The first-order chi connectivity index (χ1) is 12.3. The van der Waals surface area contributed by atoms with Gasteiger partial charge in [0.05, 0.1) is 11.0 Å². The molecule has 0 aliphatic carbocycles. The Morgan fingerprint density at radius 3 is 2.46 bits per heavy atom. The number of alkyl halides is 3. The lowest BCUT2D eigenvalue weighted by Crippen LogP contribution is -2.25. The van der Waals surface area contributed by atoms with Crippen molar-refractivity contribution in [1.29, 1.82) is 0 Å². The molecule has 0 aliphatic heterocycles. The van der Waals surface area contributed by atoms with Crippen LogP contribution in [0.2, 0.25) is 0 Å². The third-order valence-electron chi connectivity index (χ3n) is 3.84. The van der Waals surface area contributed by atoms with Crippen molar-refractivity contribution in [3.63, 3.8) is 0 Å². The molecule has 0 radical (unpaired) electrons. The van der Waals surface area contributed by atoms with Crippen LogP contribution >= 0.6 is 11.3 Å². The maximum atomic E-state index is 12.5. The van der Waals surface area contributed by atoms with Gasteiger partial charge in [-0.05, 0) is 19.1 Å². The van der Waals surface area contributed by atoms with Gasteiger partial charge >= 0.3 is 11.9 Å². The number of hydrogen-bond donors (Lipinski definition) is 1. The molecule has 0 unspecified atom stereocenters. The first-order valence-corrected chi connectivity index (χ1v) is 8.70. The minimum atomic E-state index is -4.55. The number of hydrogen-bond acceptors (Lipinski definition) is 4. The summed E-state index contributed by atoms with van der Waals surface area (Å²) in [4.78, 5) is 27.8. The van der Waals surface area contributed by atoms with Gasteiger partial charge in [-0.1, -0.05) is 12.1 Å². The lowest BCUT2D eigenvalue weighted by Gasteiger charge is -2.04. The molecule has 138 valence electrons. The smallest absolute Gasteiger partial charge is 0.302 e. The molecule has 6 nitrogen and oxygen atoms in total. The largest absolute Gasteiger partial charge is 0.434 e. The van der Waals surface area contributed by atoms with E-state index < -0.39 is 17.8 Å². The van der Waals surface area contributed by atoms with Gasteiger partial charge in [0.25, 0.3) is 0 Å². The fourth-order valence-corrected chi connectivity index (χ4v) is 3.38. The molecular weight excluding hydrogens is 369 g/mol. The highest BCUT2D eigenvalue weighted by Gasteiger charge is 2.33. The van der Waals surface area contributed by atoms with E-state index in [1.807, 2.05) is 19.1 Å². The van der Waals surface area contributed by atoms with Crippen molar-refractivity contribution in [3.8, 4) is 0 Å². The van der Waals surface area contributed by atoms with Gasteiger partial charge in [0.15, 0.2) is 10.8 Å². The fourth-order valence-electron chi connectivity index (χ4n) is 2.65. The summed E-state index contributed by atoms with van der Waals surface area (Å²) in [5, 5.41) is 3.06. The topological polar surface area (TPSA) is 68.9 Å². The standard InChI is InChI=1S/C16H15F3N4O2S/c1-2-22-10-5-3-4-6-11(10)23(15(22)25)8-7-13(24)21-14-20-12(9-26-14)16(17,18)19/h3-6,9H,2,7-8H2,1H3,(H,20,21,24). The number of rotatable bonds is 5. The van der Waals surface area contributed by atoms with Crippen LogP contribution in [0.15, 0.2) is 34.4 Å². The van der Waals surface area contributed by atoms with Crippen molar-refractivity contribution in [2.24, 2.45) is 0 Å². The molecule has 1 N–H and O–H groups in total. The predicted octanol–water partition coefficient (Wildman–Crippen LogP) is 3.33. The number of halogens is 3. The van der Waals surface area contributed by atoms with E-state index in [2.05, 4.69) is 10.3 Å². The summed E-state index contributed by atoms with van der Waals surface area (Å²) in [7, 11) is 0. The highest BCUT2D eigenvalue weighted by molar-refractivity contribution is 7.13. The Balaban J connectivity index is 1.72. The number of imidazole rings is 1. The predicted molar refractivity (Wildman–Crippen MR) is 92.2 cm³/mol. The summed E-state index contributed by atoms with van der Waals surface area (Å²) >= 11 is 0.704. The van der Waals surface area contributed by atoms with E-state index in [-0.39, 0.29) is 23.8 Å². The third kappa shape index (κ3) is 3.50. The maximum Gasteiger partial charge on any atom is 0.434 e. The van der Waals surface area contributed by atoms with Crippen LogP contribution < -0.4 is 11.0 Å². The number of aryl methyl sites for hydroxylation is 2. The number of carbonyl (C=O) groups excluding carboxylic acids is 1. The summed E-state index contributed by atoms with van der Waals surface area (Å²) < 4.78 is 40.7. The molecular formula is C16H15F3N4O2S. The Morgan fingerprint density at radius 2 is 1.88 bits per heavy atom. The lowest BCUT2D eigenvalue weighted by molar-refractivity contribution is -0.140. The van der Waals surface area contributed by atoms with Crippen LogP contribution in [0.5, 0.6) is 0 Å². The average Bonchev–Trinajstić information content (AvgIpc) is 3.15. The molecule has 2 aromatic heterocycles. The highest BCUT2D eigenvalue weighted by atomic mass is 32.1. The molecule has 3 rings (SSSR count). The van der Waals surface area contributed by atoms with Gasteiger partial charge in [0.1, 0.15) is 0 Å². The summed E-state index contributed by atoms with van der Waals surface area (Å²) in [5.41, 5.74) is 0.214. The van der Waals surface area contributed by atoms with Crippen LogP contribution in [0.1, 0.15) is 19.0 Å². The van der Waals surface area contributed by atoms with E-state index in [1.165, 1.54) is 4.57 Å². The molecule has 0 fully saturated rings. The van der Waals surface area contributed by atoms with E-state index in [0.717, 1.165) is 10.9 Å². The van der Waals surface area contributed by atoms with Crippen molar-refractivity contribution in [2.45, 2.75) is 32.6 Å². The molecule has 26 heavy (non-hydrogen) atoms. The zero-order chi connectivity index (χ0) is 18.9. The maximum absolute atomic E-state index is 12.5. The molecule has 2 heterocycles. The highest BCUT2D eigenvalue weighted by Crippen LogP contribution is 2.31. The normalized spacial score (nSPS) is 11.8. The minimum absolute atomic E-state index is 0.0570. The number of benzene rings is 1. The van der Waals surface area contributed by atoms with Gasteiger partial charge in [-0.15, -0.1) is 11.3 Å². The number of aromatic nitrogens is 3. The SMILES string of the molecule is CCn1c(=O)n(CCC(=O)Nc2nc(C(F)(F)F)cs2)c2ccccc21. The summed E-state index contributed by atoms with van der Waals surface area (Å²) in [5.74, 6) is -0.506. The molecule has 0 atom stereocenters. The second-order valence-corrected chi connectivity index (χ2v) is 6.36. The Kier molecular flexibility index (Phi) is 4.86. The number of nitrogens with one attached hydrogen (secondary N) is 1. The second kappa shape index (κ2) is 6.94. The molecule has 0 saturated heterocycles. The Hall–Kier alpha value is -2.62. The van der Waals surface area contributed by atoms with E-state index in [4.69, 9.17) is 0 Å². The van der Waals surface area contributed by atoms with Crippen molar-refractivity contribution in [1.82, 2.24) is 14.1 Å². The van der Waals surface area contributed by atoms with Gasteiger partial charge < -0.3 is 5.32 Å². The fraction of sp³-hybridized carbons (Fsp3) is 0.312. The van der Waals surface area contributed by atoms with Gasteiger partial charge in [-0.3, -0.25) is 13.9 Å². The third-order valence-corrected chi connectivity index (χ3v) is 4.60. The molecule has 1 amide bonds. The average molecular weight is 384 g/mol. The lowest BCUT2D eigenvalue weighted by atomic mass is 10.3. The molecule has 0 bridgehead atoms. The van der Waals surface area contributed by atoms with Crippen molar-refractivity contribution in [3.05, 3.63) is 45.8 Å². The molecule has 10 heteroatoms. The van der Waals surface area contributed by atoms with E-state index in [0.29, 0.717) is 23.4 Å². The zero-order valence-electron chi connectivity index (χ0n) is 13.7. The van der Waals surface area contributed by atoms with Crippen LogP contribution in [0.25, 0.3) is 11.0 Å². The number of amides is 1. The van der Waals surface area contributed by atoms with Crippen molar-refractivity contribution < 1.29 is 18.0 Å². The monoisotopic (exact) mass is 384 g/mol. The first kappa shape index (κ1) is 18.2. The molecule has 0 spiro atoms. The number of anilines is 1. The van der Waals surface area contributed by atoms with Gasteiger partial charge in [0.2, 0.25) is 5.91 Å². The first-order valence-electron chi connectivity index (χ1n) is 7.82. The van der Waals surface area contributed by atoms with Crippen molar-refractivity contribution >= 4 is 33.4 Å². The minimum Gasteiger partial charge on any atom is -0.302 e. The molecule has 1 aromatic carbocycles. The Bertz CT molecular complexity index is 1000. The van der Waals surface area contributed by atoms with E-state index in [1.54, 1.807) is 16.7 Å². The summed E-state index contributed by atoms with van der Waals surface area (Å²) in [6.45, 7) is 2.47. The van der Waals surface area contributed by atoms with E-state index in [9.17, 15) is 22.8 Å². The molecule has 3 aromatic rings. The zero-order valence-corrected chi connectivity index (χ0v) is 14.5. The molecule has 0 saturated carbocycles. The summed E-state index contributed by atoms with van der Waals surface area (Å²) in [6.07, 6.45) is -4.60. The van der Waals surface area contributed by atoms with Gasteiger partial charge in [-0.2, -0.15) is 13.2 Å². The van der Waals surface area contributed by atoms with Crippen molar-refractivity contribution in [2.75, 3.05) is 5.32 Å². The number of para-hydroxylation sites is 2. The van der Waals surface area contributed by atoms with Gasteiger partial charge in [0, 0.05) is 24.9 Å².